The van der Waals surface area contributed by atoms with E-state index in [-0.39, 0.29) is 11.6 Å². The lowest BCUT2D eigenvalue weighted by atomic mass is 10.0. The SMILES string of the molecule is CC(C)COc1ccc(C(=O)CCCC(=O)c2ccc(OCC(C)C)cc2)cc1. The zero-order valence-electron chi connectivity index (χ0n) is 17.9. The molecule has 0 fully saturated rings. The lowest BCUT2D eigenvalue weighted by molar-refractivity contribution is 0.0957. The van der Waals surface area contributed by atoms with Crippen LogP contribution >= 0.6 is 0 Å². The zero-order chi connectivity index (χ0) is 21.2. The molecule has 0 aliphatic carbocycles. The van der Waals surface area contributed by atoms with E-state index in [1.807, 2.05) is 24.3 Å². The minimum absolute atomic E-state index is 0.0469. The number of rotatable bonds is 12. The summed E-state index contributed by atoms with van der Waals surface area (Å²) < 4.78 is 11.3. The predicted molar refractivity (Wildman–Crippen MR) is 116 cm³/mol. The second-order valence-corrected chi connectivity index (χ2v) is 8.16. The average Bonchev–Trinajstić information content (AvgIpc) is 2.71. The van der Waals surface area contributed by atoms with Crippen LogP contribution in [-0.2, 0) is 0 Å². The molecule has 0 atom stereocenters. The summed E-state index contributed by atoms with van der Waals surface area (Å²) in [4.78, 5) is 24.7. The highest BCUT2D eigenvalue weighted by Gasteiger charge is 2.10. The van der Waals surface area contributed by atoms with Gasteiger partial charge in [0.25, 0.3) is 0 Å². The second kappa shape index (κ2) is 11.4. The Labute approximate surface area is 174 Å². The van der Waals surface area contributed by atoms with Crippen LogP contribution in [0.15, 0.2) is 48.5 Å². The van der Waals surface area contributed by atoms with Gasteiger partial charge in [-0.15, -0.1) is 0 Å². The number of hydrogen-bond acceptors (Lipinski definition) is 4. The number of benzene rings is 2. The molecule has 156 valence electrons. The largest absolute Gasteiger partial charge is 0.493 e. The van der Waals surface area contributed by atoms with Gasteiger partial charge in [-0.3, -0.25) is 9.59 Å². The maximum atomic E-state index is 12.3. The molecule has 0 saturated heterocycles. The van der Waals surface area contributed by atoms with Gasteiger partial charge in [0.2, 0.25) is 0 Å². The predicted octanol–water partition coefficient (Wildman–Crippen LogP) is 5.99. The Morgan fingerprint density at radius 3 is 1.31 bits per heavy atom. The highest BCUT2D eigenvalue weighted by atomic mass is 16.5. The maximum Gasteiger partial charge on any atom is 0.162 e. The summed E-state index contributed by atoms with van der Waals surface area (Å²) in [5.41, 5.74) is 1.31. The van der Waals surface area contributed by atoms with Crippen LogP contribution in [0, 0.1) is 11.8 Å². The van der Waals surface area contributed by atoms with E-state index in [0.29, 0.717) is 55.4 Å². The van der Waals surface area contributed by atoms with Crippen LogP contribution in [-0.4, -0.2) is 24.8 Å². The summed E-state index contributed by atoms with van der Waals surface area (Å²) in [5.74, 6) is 2.55. The van der Waals surface area contributed by atoms with E-state index < -0.39 is 0 Å². The Morgan fingerprint density at radius 1 is 0.655 bits per heavy atom. The van der Waals surface area contributed by atoms with Crippen LogP contribution in [0.1, 0.15) is 67.7 Å². The molecule has 0 bridgehead atoms. The zero-order valence-corrected chi connectivity index (χ0v) is 17.9. The smallest absolute Gasteiger partial charge is 0.162 e. The third-order valence-electron chi connectivity index (χ3n) is 4.33. The summed E-state index contributed by atoms with van der Waals surface area (Å²) in [6, 6.07) is 14.4. The molecule has 0 radical (unpaired) electrons. The van der Waals surface area contributed by atoms with Gasteiger partial charge in [-0.25, -0.2) is 0 Å². The van der Waals surface area contributed by atoms with E-state index >= 15 is 0 Å². The van der Waals surface area contributed by atoms with E-state index in [2.05, 4.69) is 27.7 Å². The first-order valence-electron chi connectivity index (χ1n) is 10.4. The standard InChI is InChI=1S/C25H32O4/c1-18(2)16-28-22-12-8-20(9-13-22)24(26)6-5-7-25(27)21-10-14-23(15-11-21)29-17-19(3)4/h8-15,18-19H,5-7,16-17H2,1-4H3. The Balaban J connectivity index is 1.77. The van der Waals surface area contributed by atoms with Crippen LogP contribution in [0.5, 0.6) is 11.5 Å². The highest BCUT2D eigenvalue weighted by Crippen LogP contribution is 2.17. The average molecular weight is 397 g/mol. The monoisotopic (exact) mass is 396 g/mol. The summed E-state index contributed by atoms with van der Waals surface area (Å²) >= 11 is 0. The lowest BCUT2D eigenvalue weighted by Gasteiger charge is -2.09. The molecule has 29 heavy (non-hydrogen) atoms. The topological polar surface area (TPSA) is 52.6 Å². The number of carbonyl (C=O) groups is 2. The normalized spacial score (nSPS) is 11.0. The van der Waals surface area contributed by atoms with E-state index in [9.17, 15) is 9.59 Å². The first kappa shape index (κ1) is 22.7. The highest BCUT2D eigenvalue weighted by molar-refractivity contribution is 5.98. The van der Waals surface area contributed by atoms with Crippen LogP contribution in [0.25, 0.3) is 0 Å². The van der Waals surface area contributed by atoms with Crippen molar-refractivity contribution in [1.29, 1.82) is 0 Å². The van der Waals surface area contributed by atoms with E-state index in [0.717, 1.165) is 11.5 Å². The molecular weight excluding hydrogens is 364 g/mol. The number of Topliss-reactive ketones (excluding diaryl/α,β-unsaturated/α-hetero) is 2. The minimum Gasteiger partial charge on any atom is -0.493 e. The molecule has 0 saturated carbocycles. The molecular formula is C25H32O4. The Kier molecular flexibility index (Phi) is 8.91. The van der Waals surface area contributed by atoms with E-state index in [1.165, 1.54) is 0 Å². The van der Waals surface area contributed by atoms with Gasteiger partial charge >= 0.3 is 0 Å². The fraction of sp³-hybridized carbons (Fsp3) is 0.440. The molecule has 0 heterocycles. The molecule has 4 nitrogen and oxygen atoms in total. The molecule has 0 aromatic heterocycles. The fourth-order valence-electron chi connectivity index (χ4n) is 2.70. The molecule has 0 amide bonds. The van der Waals surface area contributed by atoms with Crippen molar-refractivity contribution in [2.45, 2.75) is 47.0 Å². The van der Waals surface area contributed by atoms with Crippen molar-refractivity contribution in [3.05, 3.63) is 59.7 Å². The Hall–Kier alpha value is -2.62. The van der Waals surface area contributed by atoms with E-state index in [1.54, 1.807) is 24.3 Å². The minimum atomic E-state index is 0.0469. The van der Waals surface area contributed by atoms with Crippen molar-refractivity contribution < 1.29 is 19.1 Å². The van der Waals surface area contributed by atoms with Crippen molar-refractivity contribution in [3.8, 4) is 11.5 Å². The van der Waals surface area contributed by atoms with Crippen LogP contribution in [0.4, 0.5) is 0 Å². The molecule has 0 spiro atoms. The number of ketones is 2. The van der Waals surface area contributed by atoms with Gasteiger partial charge in [0.1, 0.15) is 11.5 Å². The van der Waals surface area contributed by atoms with Gasteiger partial charge in [0, 0.05) is 24.0 Å². The molecule has 0 unspecified atom stereocenters. The van der Waals surface area contributed by atoms with Gasteiger partial charge in [-0.1, -0.05) is 27.7 Å². The lowest BCUT2D eigenvalue weighted by Crippen LogP contribution is -2.06. The maximum absolute atomic E-state index is 12.3. The molecule has 4 heteroatoms. The van der Waals surface area contributed by atoms with Crippen molar-refractivity contribution in [2.24, 2.45) is 11.8 Å². The van der Waals surface area contributed by atoms with Gasteiger partial charge in [0.05, 0.1) is 13.2 Å². The summed E-state index contributed by atoms with van der Waals surface area (Å²) in [6.45, 7) is 9.67. The molecule has 2 aromatic rings. The van der Waals surface area contributed by atoms with Gasteiger partial charge < -0.3 is 9.47 Å². The van der Waals surface area contributed by atoms with E-state index in [4.69, 9.17) is 9.47 Å². The van der Waals surface area contributed by atoms with Crippen LogP contribution < -0.4 is 9.47 Å². The first-order valence-corrected chi connectivity index (χ1v) is 10.4. The van der Waals surface area contributed by atoms with Crippen molar-refractivity contribution in [2.75, 3.05) is 13.2 Å². The van der Waals surface area contributed by atoms with Crippen LogP contribution in [0.3, 0.4) is 0 Å². The summed E-state index contributed by atoms with van der Waals surface area (Å²) in [7, 11) is 0. The van der Waals surface area contributed by atoms with Gasteiger partial charge in [-0.05, 0) is 66.8 Å². The second-order valence-electron chi connectivity index (χ2n) is 8.16. The fourth-order valence-corrected chi connectivity index (χ4v) is 2.70. The third-order valence-corrected chi connectivity index (χ3v) is 4.33. The molecule has 2 rings (SSSR count). The van der Waals surface area contributed by atoms with Gasteiger partial charge in [-0.2, -0.15) is 0 Å². The molecule has 0 aliphatic rings. The molecule has 0 aliphatic heterocycles. The van der Waals surface area contributed by atoms with Crippen molar-refractivity contribution in [3.63, 3.8) is 0 Å². The molecule has 2 aromatic carbocycles. The molecule has 0 N–H and O–H groups in total. The quantitative estimate of drug-likeness (QED) is 0.413. The number of ether oxygens (including phenoxy) is 2. The number of hydrogen-bond donors (Lipinski definition) is 0. The number of carbonyl (C=O) groups excluding carboxylic acids is 2. The van der Waals surface area contributed by atoms with Crippen molar-refractivity contribution >= 4 is 11.6 Å². The van der Waals surface area contributed by atoms with Crippen LogP contribution in [0.2, 0.25) is 0 Å². The Morgan fingerprint density at radius 2 is 1.00 bits per heavy atom. The van der Waals surface area contributed by atoms with Gasteiger partial charge in [0.15, 0.2) is 11.6 Å². The summed E-state index contributed by atoms with van der Waals surface area (Å²) in [6.07, 6.45) is 1.25. The van der Waals surface area contributed by atoms with Crippen molar-refractivity contribution in [1.82, 2.24) is 0 Å². The summed E-state index contributed by atoms with van der Waals surface area (Å²) in [5, 5.41) is 0. The first-order chi connectivity index (χ1) is 13.8. The Bertz CT molecular complexity index is 706. The third kappa shape index (κ3) is 8.10.